The molecule has 0 atom stereocenters. The minimum atomic E-state index is -4.70. The maximum absolute atomic E-state index is 13.6. The van der Waals surface area contributed by atoms with Gasteiger partial charge in [-0.2, -0.15) is 13.2 Å². The number of ether oxygens (including phenoxy) is 1. The van der Waals surface area contributed by atoms with Crippen LogP contribution in [0.5, 0.6) is 11.5 Å². The van der Waals surface area contributed by atoms with Gasteiger partial charge in [0.1, 0.15) is 5.75 Å². The molecule has 0 spiro atoms. The summed E-state index contributed by atoms with van der Waals surface area (Å²) in [6.07, 6.45) is -2.50. The first-order chi connectivity index (χ1) is 13.5. The highest BCUT2D eigenvalue weighted by atomic mass is 79.9. The van der Waals surface area contributed by atoms with E-state index in [9.17, 15) is 18.0 Å². The van der Waals surface area contributed by atoms with Gasteiger partial charge in [0.15, 0.2) is 5.75 Å². The molecule has 0 amide bonds. The summed E-state index contributed by atoms with van der Waals surface area (Å²) in [5.41, 5.74) is 0.941. The predicted molar refractivity (Wildman–Crippen MR) is 107 cm³/mol. The van der Waals surface area contributed by atoms with E-state index in [1.165, 1.54) is 6.07 Å². The molecule has 0 aliphatic rings. The van der Waals surface area contributed by atoms with Crippen LogP contribution in [0.25, 0.3) is 10.9 Å². The van der Waals surface area contributed by atoms with Crippen LogP contribution in [-0.2, 0) is 23.8 Å². The van der Waals surface area contributed by atoms with Crippen molar-refractivity contribution >= 4 is 32.8 Å². The molecule has 154 valence electrons. The van der Waals surface area contributed by atoms with E-state index in [-0.39, 0.29) is 15.8 Å². The molecule has 3 aromatic rings. The Bertz CT molecular complexity index is 1060. The summed E-state index contributed by atoms with van der Waals surface area (Å²) in [5, 5.41) is 9.79. The molecule has 1 heterocycles. The number of hydrogen-bond acceptors (Lipinski definition) is 2. The zero-order chi connectivity index (χ0) is 21.3. The topological polar surface area (TPSA) is 62.3 Å². The first-order valence-corrected chi connectivity index (χ1v) is 9.73. The van der Waals surface area contributed by atoms with Crippen molar-refractivity contribution in [3.63, 3.8) is 0 Å². The van der Waals surface area contributed by atoms with Gasteiger partial charge in [-0.1, -0.05) is 13.8 Å². The molecule has 2 aromatic carbocycles. The van der Waals surface area contributed by atoms with Gasteiger partial charge < -0.3 is 14.8 Å². The van der Waals surface area contributed by atoms with Gasteiger partial charge in [-0.25, -0.2) is 0 Å². The molecule has 0 aliphatic heterocycles. The third kappa shape index (κ3) is 4.93. The van der Waals surface area contributed by atoms with Crippen molar-refractivity contribution in [3.05, 3.63) is 57.7 Å². The van der Waals surface area contributed by atoms with Gasteiger partial charge in [-0.05, 0) is 69.7 Å². The Labute approximate surface area is 173 Å². The molecular formula is C21H19BrF3NO3. The second kappa shape index (κ2) is 8.10. The van der Waals surface area contributed by atoms with Crippen LogP contribution in [0.2, 0.25) is 0 Å². The van der Waals surface area contributed by atoms with Gasteiger partial charge in [0.25, 0.3) is 0 Å². The smallest absolute Gasteiger partial charge is 0.420 e. The molecule has 0 unspecified atom stereocenters. The SMILES string of the molecule is CC(C)Cc1c[nH]c2ccc(Oc3c(Br)cc(CC(=O)O)cc3C(F)(F)F)cc12. The summed E-state index contributed by atoms with van der Waals surface area (Å²) in [6, 6.07) is 7.20. The van der Waals surface area contributed by atoms with Crippen molar-refractivity contribution in [2.24, 2.45) is 5.92 Å². The number of aromatic amines is 1. The van der Waals surface area contributed by atoms with E-state index in [1.807, 2.05) is 6.20 Å². The summed E-state index contributed by atoms with van der Waals surface area (Å²) in [6.45, 7) is 4.18. The standard InChI is InChI=1S/C21H19BrF3NO3/c1-11(2)5-13-10-26-18-4-3-14(9-15(13)18)29-20-16(21(23,24)25)6-12(7-17(20)22)8-19(27)28/h3-4,6-7,9-11,26H,5,8H2,1-2H3,(H,27,28). The van der Waals surface area contributed by atoms with Crippen LogP contribution in [0.15, 0.2) is 41.0 Å². The Hall–Kier alpha value is -2.48. The number of carbonyl (C=O) groups is 1. The van der Waals surface area contributed by atoms with Crippen molar-refractivity contribution in [2.45, 2.75) is 32.9 Å². The molecule has 29 heavy (non-hydrogen) atoms. The van der Waals surface area contributed by atoms with Crippen LogP contribution >= 0.6 is 15.9 Å². The maximum Gasteiger partial charge on any atom is 0.420 e. The average Bonchev–Trinajstić information content (AvgIpc) is 2.97. The van der Waals surface area contributed by atoms with Crippen LogP contribution in [0.4, 0.5) is 13.2 Å². The Morgan fingerprint density at radius 2 is 1.97 bits per heavy atom. The highest BCUT2D eigenvalue weighted by Crippen LogP contribution is 2.43. The Morgan fingerprint density at radius 1 is 1.24 bits per heavy atom. The molecule has 0 fully saturated rings. The van der Waals surface area contributed by atoms with Crippen molar-refractivity contribution in [3.8, 4) is 11.5 Å². The van der Waals surface area contributed by atoms with E-state index in [1.54, 1.807) is 18.2 Å². The lowest BCUT2D eigenvalue weighted by atomic mass is 10.0. The van der Waals surface area contributed by atoms with E-state index >= 15 is 0 Å². The quantitative estimate of drug-likeness (QED) is 0.429. The number of rotatable bonds is 6. The number of halogens is 4. The van der Waals surface area contributed by atoms with E-state index in [0.717, 1.165) is 29.0 Å². The van der Waals surface area contributed by atoms with Gasteiger partial charge >= 0.3 is 12.1 Å². The fourth-order valence-corrected chi connectivity index (χ4v) is 3.78. The number of aliphatic carboxylic acids is 1. The fourth-order valence-electron chi connectivity index (χ4n) is 3.19. The van der Waals surface area contributed by atoms with Crippen LogP contribution in [0, 0.1) is 5.92 Å². The zero-order valence-electron chi connectivity index (χ0n) is 15.7. The van der Waals surface area contributed by atoms with Gasteiger partial charge in [-0.3, -0.25) is 4.79 Å². The molecule has 3 rings (SSSR count). The monoisotopic (exact) mass is 469 g/mol. The lowest BCUT2D eigenvalue weighted by Crippen LogP contribution is -2.10. The molecule has 0 saturated carbocycles. The van der Waals surface area contributed by atoms with Crippen molar-refractivity contribution < 1.29 is 27.8 Å². The average molecular weight is 470 g/mol. The third-order valence-corrected chi connectivity index (χ3v) is 4.94. The number of hydrogen-bond donors (Lipinski definition) is 2. The van der Waals surface area contributed by atoms with Gasteiger partial charge in [0.05, 0.1) is 16.5 Å². The second-order valence-electron chi connectivity index (χ2n) is 7.24. The molecule has 4 nitrogen and oxygen atoms in total. The molecule has 0 aliphatic carbocycles. The molecule has 0 bridgehead atoms. The van der Waals surface area contributed by atoms with Gasteiger partial charge in [0, 0.05) is 17.1 Å². The number of H-pyrrole nitrogens is 1. The lowest BCUT2D eigenvalue weighted by molar-refractivity contribution is -0.139. The largest absolute Gasteiger partial charge is 0.481 e. The van der Waals surface area contributed by atoms with Crippen LogP contribution in [-0.4, -0.2) is 16.1 Å². The summed E-state index contributed by atoms with van der Waals surface area (Å²) < 4.78 is 46.5. The van der Waals surface area contributed by atoms with Crippen molar-refractivity contribution in [1.29, 1.82) is 0 Å². The summed E-state index contributed by atoms with van der Waals surface area (Å²) in [7, 11) is 0. The first kappa shape index (κ1) is 21.2. The summed E-state index contributed by atoms with van der Waals surface area (Å²) in [5.74, 6) is -0.924. The number of alkyl halides is 3. The van der Waals surface area contributed by atoms with Crippen molar-refractivity contribution in [1.82, 2.24) is 4.98 Å². The second-order valence-corrected chi connectivity index (χ2v) is 8.10. The van der Waals surface area contributed by atoms with Gasteiger partial charge in [0.2, 0.25) is 0 Å². The number of nitrogens with one attached hydrogen (secondary N) is 1. The molecule has 8 heteroatoms. The molecule has 2 N–H and O–H groups in total. The zero-order valence-corrected chi connectivity index (χ0v) is 17.3. The Morgan fingerprint density at radius 3 is 2.59 bits per heavy atom. The van der Waals surface area contributed by atoms with E-state index in [2.05, 4.69) is 34.8 Å². The molecular weight excluding hydrogens is 451 g/mol. The number of carboxylic acids is 1. The van der Waals surface area contributed by atoms with Crippen molar-refractivity contribution in [2.75, 3.05) is 0 Å². The van der Waals surface area contributed by atoms with E-state index in [0.29, 0.717) is 5.92 Å². The van der Waals surface area contributed by atoms with Crippen LogP contribution in [0.1, 0.15) is 30.5 Å². The highest BCUT2D eigenvalue weighted by Gasteiger charge is 2.36. The molecule has 0 radical (unpaired) electrons. The minimum absolute atomic E-state index is 0.0318. The lowest BCUT2D eigenvalue weighted by Gasteiger charge is -2.17. The molecule has 1 aromatic heterocycles. The highest BCUT2D eigenvalue weighted by molar-refractivity contribution is 9.10. The third-order valence-electron chi connectivity index (χ3n) is 4.35. The van der Waals surface area contributed by atoms with E-state index < -0.39 is 29.9 Å². The van der Waals surface area contributed by atoms with Crippen LogP contribution in [0.3, 0.4) is 0 Å². The first-order valence-electron chi connectivity index (χ1n) is 8.94. The Kier molecular flexibility index (Phi) is 5.93. The maximum atomic E-state index is 13.6. The van der Waals surface area contributed by atoms with Gasteiger partial charge in [-0.15, -0.1) is 0 Å². The number of fused-ring (bicyclic) bond motifs is 1. The van der Waals surface area contributed by atoms with E-state index in [4.69, 9.17) is 9.84 Å². The normalized spacial score (nSPS) is 12.0. The Balaban J connectivity index is 2.04. The minimum Gasteiger partial charge on any atom is -0.481 e. The molecule has 0 saturated heterocycles. The summed E-state index contributed by atoms with van der Waals surface area (Å²) in [4.78, 5) is 14.1. The number of aromatic nitrogens is 1. The summed E-state index contributed by atoms with van der Waals surface area (Å²) >= 11 is 3.10. The number of benzene rings is 2. The van der Waals surface area contributed by atoms with Crippen LogP contribution < -0.4 is 4.74 Å². The number of carboxylic acid groups (broad SMARTS) is 1. The predicted octanol–water partition coefficient (Wildman–Crippen LogP) is 6.57. The fraction of sp³-hybridized carbons (Fsp3) is 0.286.